The van der Waals surface area contributed by atoms with Gasteiger partial charge < -0.3 is 5.11 Å². The zero-order valence-electron chi connectivity index (χ0n) is 10.7. The topological polar surface area (TPSA) is 55.1 Å². The van der Waals surface area contributed by atoms with Gasteiger partial charge in [-0.15, -0.1) is 0 Å². The Morgan fingerprint density at radius 1 is 1.50 bits per heavy atom. The van der Waals surface area contributed by atoms with Crippen molar-refractivity contribution < 1.29 is 14.3 Å². The van der Waals surface area contributed by atoms with Crippen molar-refractivity contribution in [2.45, 2.75) is 19.8 Å². The van der Waals surface area contributed by atoms with Crippen LogP contribution in [0.1, 0.15) is 35.9 Å². The van der Waals surface area contributed by atoms with Crippen LogP contribution in [0, 0.1) is 5.82 Å². The van der Waals surface area contributed by atoms with Gasteiger partial charge in [-0.3, -0.25) is 0 Å². The number of halogens is 3. The van der Waals surface area contributed by atoms with E-state index < -0.39 is 11.8 Å². The van der Waals surface area contributed by atoms with E-state index >= 15 is 0 Å². The molecule has 0 aliphatic carbocycles. The van der Waals surface area contributed by atoms with E-state index in [1.165, 1.54) is 22.9 Å². The fourth-order valence-corrected chi connectivity index (χ4v) is 3.03. The van der Waals surface area contributed by atoms with E-state index in [0.29, 0.717) is 10.2 Å². The first-order valence-electron chi connectivity index (χ1n) is 5.80. The number of carbonyl (C=O) groups is 1. The summed E-state index contributed by atoms with van der Waals surface area (Å²) in [6, 6.07) is 4.26. The van der Waals surface area contributed by atoms with E-state index in [9.17, 15) is 9.18 Å². The molecule has 1 heterocycles. The monoisotopic (exact) mass is 360 g/mol. The average molecular weight is 362 g/mol. The minimum Gasteiger partial charge on any atom is -0.476 e. The lowest BCUT2D eigenvalue weighted by Gasteiger charge is -2.12. The Balaban J connectivity index is 2.80. The molecule has 4 nitrogen and oxygen atoms in total. The summed E-state index contributed by atoms with van der Waals surface area (Å²) in [6.45, 7) is 3.72. The Morgan fingerprint density at radius 2 is 2.15 bits per heavy atom. The summed E-state index contributed by atoms with van der Waals surface area (Å²) in [5.74, 6) is -1.82. The maximum Gasteiger partial charge on any atom is 0.357 e. The summed E-state index contributed by atoms with van der Waals surface area (Å²) in [4.78, 5) is 11.2. The first-order chi connectivity index (χ1) is 9.34. The number of aromatic carboxylic acids is 1. The Labute approximate surface area is 128 Å². The highest BCUT2D eigenvalue weighted by Crippen LogP contribution is 2.33. The standard InChI is InChI=1S/C13H11BrClFN2O2/c1-6(2)11-9(14)10(13(19)20)17-18(11)12-7(15)4-3-5-8(12)16/h3-6H,1-2H3,(H,19,20). The van der Waals surface area contributed by atoms with Crippen molar-refractivity contribution in [1.29, 1.82) is 0 Å². The summed E-state index contributed by atoms with van der Waals surface area (Å²) in [6.07, 6.45) is 0. The van der Waals surface area contributed by atoms with Gasteiger partial charge in [0.25, 0.3) is 0 Å². The number of carboxylic acids is 1. The summed E-state index contributed by atoms with van der Waals surface area (Å²) in [5.41, 5.74) is 0.425. The first-order valence-corrected chi connectivity index (χ1v) is 6.97. The summed E-state index contributed by atoms with van der Waals surface area (Å²) < 4.78 is 15.6. The summed E-state index contributed by atoms with van der Waals surface area (Å²) in [7, 11) is 0. The highest BCUT2D eigenvalue weighted by atomic mass is 79.9. The number of nitrogens with zero attached hydrogens (tertiary/aromatic N) is 2. The van der Waals surface area contributed by atoms with Crippen molar-refractivity contribution in [3.8, 4) is 5.69 Å². The Bertz CT molecular complexity index is 665. The van der Waals surface area contributed by atoms with Crippen LogP contribution >= 0.6 is 27.5 Å². The zero-order valence-corrected chi connectivity index (χ0v) is 13.0. The van der Waals surface area contributed by atoms with Crippen LogP contribution in [0.25, 0.3) is 5.69 Å². The van der Waals surface area contributed by atoms with Crippen molar-refractivity contribution in [2.24, 2.45) is 0 Å². The van der Waals surface area contributed by atoms with Gasteiger partial charge in [0.15, 0.2) is 5.69 Å². The van der Waals surface area contributed by atoms with Gasteiger partial charge >= 0.3 is 5.97 Å². The third-order valence-electron chi connectivity index (χ3n) is 2.76. The van der Waals surface area contributed by atoms with Crippen LogP contribution in [0.5, 0.6) is 0 Å². The molecule has 1 aromatic heterocycles. The number of para-hydroxylation sites is 1. The number of rotatable bonds is 3. The molecule has 1 aromatic carbocycles. The predicted octanol–water partition coefficient (Wildman–Crippen LogP) is 4.25. The minimum absolute atomic E-state index is 0.0473. The summed E-state index contributed by atoms with van der Waals surface area (Å²) in [5, 5.41) is 13.3. The van der Waals surface area contributed by atoms with Crippen LogP contribution in [-0.2, 0) is 0 Å². The first kappa shape index (κ1) is 15.0. The van der Waals surface area contributed by atoms with Crippen LogP contribution in [0.2, 0.25) is 5.02 Å². The second-order valence-electron chi connectivity index (χ2n) is 4.49. The van der Waals surface area contributed by atoms with Gasteiger partial charge in [-0.1, -0.05) is 31.5 Å². The van der Waals surface area contributed by atoms with Gasteiger partial charge in [0.2, 0.25) is 0 Å². The molecule has 7 heteroatoms. The number of benzene rings is 1. The largest absolute Gasteiger partial charge is 0.476 e. The number of aromatic nitrogens is 2. The van der Waals surface area contributed by atoms with Crippen molar-refractivity contribution in [3.63, 3.8) is 0 Å². The van der Waals surface area contributed by atoms with Crippen LogP contribution in [-0.4, -0.2) is 20.9 Å². The van der Waals surface area contributed by atoms with E-state index in [1.807, 2.05) is 13.8 Å². The number of carboxylic acid groups (broad SMARTS) is 1. The van der Waals surface area contributed by atoms with Gasteiger partial charge in [0, 0.05) is 0 Å². The van der Waals surface area contributed by atoms with Gasteiger partial charge in [-0.05, 0) is 34.0 Å². The fraction of sp³-hybridized carbons (Fsp3) is 0.231. The van der Waals surface area contributed by atoms with Crippen molar-refractivity contribution in [1.82, 2.24) is 9.78 Å². The molecular weight excluding hydrogens is 351 g/mol. The van der Waals surface area contributed by atoms with Crippen molar-refractivity contribution in [2.75, 3.05) is 0 Å². The molecule has 0 aliphatic rings. The minimum atomic E-state index is -1.19. The van der Waals surface area contributed by atoms with E-state index in [1.54, 1.807) is 0 Å². The van der Waals surface area contributed by atoms with Gasteiger partial charge in [0.1, 0.15) is 11.5 Å². The smallest absolute Gasteiger partial charge is 0.357 e. The second-order valence-corrected chi connectivity index (χ2v) is 5.69. The maximum absolute atomic E-state index is 14.0. The second kappa shape index (κ2) is 5.54. The Morgan fingerprint density at radius 3 is 2.65 bits per heavy atom. The quantitative estimate of drug-likeness (QED) is 0.889. The highest BCUT2D eigenvalue weighted by Gasteiger charge is 2.25. The molecule has 0 unspecified atom stereocenters. The SMILES string of the molecule is CC(C)c1c(Br)c(C(=O)O)nn1-c1c(F)cccc1Cl. The number of hydrogen-bond acceptors (Lipinski definition) is 2. The molecule has 0 spiro atoms. The molecule has 0 aliphatic heterocycles. The molecule has 2 aromatic rings. The molecule has 20 heavy (non-hydrogen) atoms. The molecule has 0 saturated carbocycles. The Hall–Kier alpha value is -1.40. The van der Waals surface area contributed by atoms with E-state index in [4.69, 9.17) is 16.7 Å². The lowest BCUT2D eigenvalue weighted by atomic mass is 10.1. The van der Waals surface area contributed by atoms with Crippen molar-refractivity contribution in [3.05, 3.63) is 44.9 Å². The predicted molar refractivity (Wildman–Crippen MR) is 77.3 cm³/mol. The molecule has 106 valence electrons. The highest BCUT2D eigenvalue weighted by molar-refractivity contribution is 9.10. The van der Waals surface area contributed by atoms with Gasteiger partial charge in [0.05, 0.1) is 15.2 Å². The molecular formula is C13H11BrClFN2O2. The molecule has 1 N–H and O–H groups in total. The van der Waals surface area contributed by atoms with Crippen LogP contribution in [0.15, 0.2) is 22.7 Å². The van der Waals surface area contributed by atoms with E-state index in [2.05, 4.69) is 21.0 Å². The normalized spacial score (nSPS) is 11.1. The molecule has 0 atom stereocenters. The van der Waals surface area contributed by atoms with Crippen LogP contribution in [0.3, 0.4) is 0 Å². The summed E-state index contributed by atoms with van der Waals surface area (Å²) >= 11 is 9.24. The third kappa shape index (κ3) is 2.45. The van der Waals surface area contributed by atoms with Gasteiger partial charge in [-0.25, -0.2) is 13.9 Å². The van der Waals surface area contributed by atoms with Crippen LogP contribution < -0.4 is 0 Å². The Kier molecular flexibility index (Phi) is 4.15. The van der Waals surface area contributed by atoms with Crippen LogP contribution in [0.4, 0.5) is 4.39 Å². The third-order valence-corrected chi connectivity index (χ3v) is 3.85. The molecule has 0 radical (unpaired) electrons. The lowest BCUT2D eigenvalue weighted by Crippen LogP contribution is -2.07. The molecule has 0 bridgehead atoms. The fourth-order valence-electron chi connectivity index (χ4n) is 1.91. The lowest BCUT2D eigenvalue weighted by molar-refractivity contribution is 0.0689. The van der Waals surface area contributed by atoms with E-state index in [0.717, 1.165) is 0 Å². The molecule has 2 rings (SSSR count). The van der Waals surface area contributed by atoms with Gasteiger partial charge in [-0.2, -0.15) is 5.10 Å². The molecule has 0 fully saturated rings. The molecule has 0 saturated heterocycles. The van der Waals surface area contributed by atoms with E-state index in [-0.39, 0.29) is 22.3 Å². The molecule has 0 amide bonds. The average Bonchev–Trinajstić information content (AvgIpc) is 2.66. The zero-order chi connectivity index (χ0) is 15.0. The number of hydrogen-bond donors (Lipinski definition) is 1. The maximum atomic E-state index is 14.0. The van der Waals surface area contributed by atoms with Crippen molar-refractivity contribution >= 4 is 33.5 Å².